The first-order valence-electron chi connectivity index (χ1n) is 7.48. The highest BCUT2D eigenvalue weighted by atomic mass is 19.1. The number of nitrogen functional groups attached to an aromatic ring is 1. The molecule has 0 aliphatic carbocycles. The van der Waals surface area contributed by atoms with Gasteiger partial charge in [0.15, 0.2) is 17.3 Å². The fourth-order valence-electron chi connectivity index (χ4n) is 2.32. The fourth-order valence-corrected chi connectivity index (χ4v) is 2.32. The fraction of sp³-hybridized carbons (Fsp3) is 0.111. The van der Waals surface area contributed by atoms with Crippen LogP contribution in [0.4, 0.5) is 21.7 Å². The van der Waals surface area contributed by atoms with Crippen LogP contribution in [0.2, 0.25) is 0 Å². The minimum absolute atomic E-state index is 0.307. The maximum atomic E-state index is 13.0. The van der Waals surface area contributed by atoms with Crippen LogP contribution in [0.3, 0.4) is 0 Å². The molecule has 0 saturated heterocycles. The summed E-state index contributed by atoms with van der Waals surface area (Å²) in [4.78, 5) is 8.72. The molecule has 0 amide bonds. The largest absolute Gasteiger partial charge is 0.493 e. The van der Waals surface area contributed by atoms with Crippen LogP contribution in [0.1, 0.15) is 0 Å². The zero-order valence-electron chi connectivity index (χ0n) is 13.8. The van der Waals surface area contributed by atoms with Crippen molar-refractivity contribution in [3.05, 3.63) is 54.3 Å². The predicted octanol–water partition coefficient (Wildman–Crippen LogP) is 3.63. The van der Waals surface area contributed by atoms with E-state index in [1.54, 1.807) is 44.6 Å². The number of ether oxygens (including phenoxy) is 2. The average Bonchev–Trinajstić information content (AvgIpc) is 2.62. The lowest BCUT2D eigenvalue weighted by Gasteiger charge is -2.11. The summed E-state index contributed by atoms with van der Waals surface area (Å²) in [5.41, 5.74) is 7.32. The summed E-state index contributed by atoms with van der Waals surface area (Å²) in [5, 5.41) is 3.08. The quantitative estimate of drug-likeness (QED) is 0.738. The Bertz CT molecular complexity index is 885. The van der Waals surface area contributed by atoms with Crippen LogP contribution in [0.15, 0.2) is 48.5 Å². The molecule has 0 aliphatic rings. The molecule has 0 radical (unpaired) electrons. The Morgan fingerprint density at radius 3 is 2.32 bits per heavy atom. The van der Waals surface area contributed by atoms with Crippen LogP contribution >= 0.6 is 0 Å². The second-order valence-corrected chi connectivity index (χ2v) is 5.20. The van der Waals surface area contributed by atoms with Crippen LogP contribution in [0, 0.1) is 5.82 Å². The Morgan fingerprint density at radius 1 is 0.920 bits per heavy atom. The summed E-state index contributed by atoms with van der Waals surface area (Å²) in [6, 6.07) is 12.9. The van der Waals surface area contributed by atoms with E-state index in [4.69, 9.17) is 15.2 Å². The van der Waals surface area contributed by atoms with Crippen molar-refractivity contribution in [2.75, 3.05) is 25.3 Å². The molecule has 0 unspecified atom stereocenters. The van der Waals surface area contributed by atoms with Gasteiger partial charge in [-0.1, -0.05) is 0 Å². The number of nitrogens with zero attached hydrogens (tertiary/aromatic N) is 2. The monoisotopic (exact) mass is 340 g/mol. The zero-order valence-corrected chi connectivity index (χ0v) is 13.8. The molecule has 6 nitrogen and oxygen atoms in total. The average molecular weight is 340 g/mol. The van der Waals surface area contributed by atoms with Crippen molar-refractivity contribution in [1.82, 2.24) is 9.97 Å². The molecule has 3 aromatic rings. The Hall–Kier alpha value is -3.35. The Morgan fingerprint density at radius 2 is 1.64 bits per heavy atom. The molecule has 1 aromatic heterocycles. The highest BCUT2D eigenvalue weighted by Gasteiger charge is 2.10. The summed E-state index contributed by atoms with van der Waals surface area (Å²) in [6.45, 7) is 0. The third kappa shape index (κ3) is 3.77. The van der Waals surface area contributed by atoms with E-state index in [9.17, 15) is 4.39 Å². The molecular formula is C18H17FN4O2. The van der Waals surface area contributed by atoms with Crippen molar-refractivity contribution < 1.29 is 13.9 Å². The molecule has 0 saturated carbocycles. The van der Waals surface area contributed by atoms with Gasteiger partial charge in [0.05, 0.1) is 14.2 Å². The molecule has 2 aromatic carbocycles. The van der Waals surface area contributed by atoms with Crippen molar-refractivity contribution in [2.24, 2.45) is 0 Å². The Balaban J connectivity index is 1.95. The Kier molecular flexibility index (Phi) is 4.65. The number of aromatic nitrogens is 2. The van der Waals surface area contributed by atoms with Crippen LogP contribution in [-0.2, 0) is 0 Å². The van der Waals surface area contributed by atoms with Crippen molar-refractivity contribution in [3.63, 3.8) is 0 Å². The van der Waals surface area contributed by atoms with Crippen molar-refractivity contribution in [3.8, 4) is 22.9 Å². The third-order valence-electron chi connectivity index (χ3n) is 3.50. The number of nitrogens with one attached hydrogen (secondary N) is 1. The normalized spacial score (nSPS) is 10.4. The van der Waals surface area contributed by atoms with Crippen LogP contribution < -0.4 is 20.5 Å². The molecular weight excluding hydrogens is 323 g/mol. The lowest BCUT2D eigenvalue weighted by molar-refractivity contribution is 0.355. The molecule has 0 spiro atoms. The number of nitrogens with two attached hydrogens (primary N) is 1. The molecule has 0 bridgehead atoms. The summed E-state index contributed by atoms with van der Waals surface area (Å²) in [7, 11) is 3.13. The van der Waals surface area contributed by atoms with Gasteiger partial charge in [-0.3, -0.25) is 0 Å². The van der Waals surface area contributed by atoms with Gasteiger partial charge in [-0.05, 0) is 42.5 Å². The molecule has 0 atom stereocenters. The third-order valence-corrected chi connectivity index (χ3v) is 3.50. The standard InChI is InChI=1S/C18H17FN4O2/c1-24-14-8-3-11(9-15(14)25-2)18-22-16(20)10-17(23-18)21-13-6-4-12(19)5-7-13/h3-10H,1-2H3,(H3,20,21,22,23). The van der Waals surface area contributed by atoms with E-state index >= 15 is 0 Å². The number of benzene rings is 2. The first-order chi connectivity index (χ1) is 12.1. The Labute approximate surface area is 144 Å². The molecule has 3 rings (SSSR count). The van der Waals surface area contributed by atoms with Crippen molar-refractivity contribution >= 4 is 17.3 Å². The molecule has 0 fully saturated rings. The lowest BCUT2D eigenvalue weighted by Crippen LogP contribution is -2.01. The molecule has 128 valence electrons. The van der Waals surface area contributed by atoms with E-state index in [2.05, 4.69) is 15.3 Å². The molecule has 25 heavy (non-hydrogen) atoms. The summed E-state index contributed by atoms with van der Waals surface area (Å²) < 4.78 is 23.5. The molecule has 1 heterocycles. The number of methoxy groups -OCH3 is 2. The van der Waals surface area contributed by atoms with Gasteiger partial charge in [0.25, 0.3) is 0 Å². The lowest BCUT2D eigenvalue weighted by atomic mass is 10.2. The van der Waals surface area contributed by atoms with Crippen LogP contribution in [0.5, 0.6) is 11.5 Å². The van der Waals surface area contributed by atoms with E-state index < -0.39 is 0 Å². The van der Waals surface area contributed by atoms with Crippen molar-refractivity contribution in [1.29, 1.82) is 0 Å². The highest BCUT2D eigenvalue weighted by molar-refractivity contribution is 5.66. The first kappa shape index (κ1) is 16.5. The number of halogens is 1. The van der Waals surface area contributed by atoms with Gasteiger partial charge in [0.2, 0.25) is 0 Å². The SMILES string of the molecule is COc1ccc(-c2nc(N)cc(Nc3ccc(F)cc3)n2)cc1OC. The maximum Gasteiger partial charge on any atom is 0.163 e. The second-order valence-electron chi connectivity index (χ2n) is 5.20. The smallest absolute Gasteiger partial charge is 0.163 e. The van der Waals surface area contributed by atoms with Gasteiger partial charge < -0.3 is 20.5 Å². The van der Waals surface area contributed by atoms with E-state index in [0.29, 0.717) is 34.6 Å². The number of rotatable bonds is 5. The highest BCUT2D eigenvalue weighted by Crippen LogP contribution is 2.31. The van der Waals surface area contributed by atoms with Gasteiger partial charge in [-0.25, -0.2) is 14.4 Å². The van der Waals surface area contributed by atoms with Gasteiger partial charge in [-0.2, -0.15) is 0 Å². The van der Waals surface area contributed by atoms with Crippen molar-refractivity contribution in [2.45, 2.75) is 0 Å². The zero-order chi connectivity index (χ0) is 17.8. The number of anilines is 3. The van der Waals surface area contributed by atoms with E-state index in [-0.39, 0.29) is 5.82 Å². The summed E-state index contributed by atoms with van der Waals surface area (Å²) in [6.07, 6.45) is 0. The predicted molar refractivity (Wildman–Crippen MR) is 94.7 cm³/mol. The number of hydrogen-bond acceptors (Lipinski definition) is 6. The van der Waals surface area contributed by atoms with Gasteiger partial charge in [0.1, 0.15) is 17.5 Å². The molecule has 0 aliphatic heterocycles. The van der Waals surface area contributed by atoms with Gasteiger partial charge in [0, 0.05) is 17.3 Å². The topological polar surface area (TPSA) is 82.3 Å². The van der Waals surface area contributed by atoms with E-state index in [1.165, 1.54) is 12.1 Å². The van der Waals surface area contributed by atoms with Gasteiger partial charge >= 0.3 is 0 Å². The number of hydrogen-bond donors (Lipinski definition) is 2. The molecule has 3 N–H and O–H groups in total. The second kappa shape index (κ2) is 7.04. The van der Waals surface area contributed by atoms with Crippen LogP contribution in [-0.4, -0.2) is 24.2 Å². The van der Waals surface area contributed by atoms with Crippen LogP contribution in [0.25, 0.3) is 11.4 Å². The summed E-state index contributed by atoms with van der Waals surface area (Å²) >= 11 is 0. The molecule has 7 heteroatoms. The maximum absolute atomic E-state index is 13.0. The summed E-state index contributed by atoms with van der Waals surface area (Å²) in [5.74, 6) is 2.12. The minimum Gasteiger partial charge on any atom is -0.493 e. The first-order valence-corrected chi connectivity index (χ1v) is 7.48. The van der Waals surface area contributed by atoms with E-state index in [0.717, 1.165) is 5.56 Å². The minimum atomic E-state index is -0.307. The van der Waals surface area contributed by atoms with E-state index in [1.807, 2.05) is 6.07 Å². The van der Waals surface area contributed by atoms with Gasteiger partial charge in [-0.15, -0.1) is 0 Å².